The Labute approximate surface area is 266 Å². The van der Waals surface area contributed by atoms with Crippen molar-refractivity contribution in [2.75, 3.05) is 35.6 Å². The number of fused-ring (bicyclic) bond motifs is 1. The van der Waals surface area contributed by atoms with Crippen LogP contribution in [-0.4, -0.2) is 83.3 Å². The summed E-state index contributed by atoms with van der Waals surface area (Å²) in [6.07, 6.45) is 8.26. The van der Waals surface area contributed by atoms with Crippen LogP contribution in [0.25, 0.3) is 22.2 Å². The Kier molecular flexibility index (Phi) is 7.96. The number of carbonyl (C=O) groups is 1. The molecule has 6 N–H and O–H groups in total. The molecule has 1 aliphatic carbocycles. The average molecular weight is 623 g/mol. The van der Waals surface area contributed by atoms with Crippen LogP contribution in [-0.2, 0) is 11.8 Å². The lowest BCUT2D eigenvalue weighted by Crippen LogP contribution is -2.40. The highest BCUT2D eigenvalue weighted by Gasteiger charge is 2.34. The molecule has 0 unspecified atom stereocenters. The zero-order valence-electron chi connectivity index (χ0n) is 26.1. The number of H-pyrrole nitrogens is 1. The van der Waals surface area contributed by atoms with E-state index in [4.69, 9.17) is 15.5 Å². The van der Waals surface area contributed by atoms with Crippen molar-refractivity contribution in [1.82, 2.24) is 39.6 Å². The topological polar surface area (TPSA) is 177 Å². The van der Waals surface area contributed by atoms with Gasteiger partial charge in [-0.05, 0) is 38.3 Å². The fourth-order valence-electron chi connectivity index (χ4n) is 5.86. The Hall–Kier alpha value is -5.08. The molecule has 2 aliphatic rings. The minimum absolute atomic E-state index is 0.0214. The maximum absolute atomic E-state index is 13.4. The third-order valence-corrected chi connectivity index (χ3v) is 8.51. The number of hydrogen-bond donors (Lipinski definition) is 5. The van der Waals surface area contributed by atoms with E-state index in [1.807, 2.05) is 51.4 Å². The molecule has 1 amide bonds. The van der Waals surface area contributed by atoms with Gasteiger partial charge in [-0.3, -0.25) is 14.4 Å². The number of hydrogen-bond acceptors (Lipinski definition) is 11. The zero-order chi connectivity index (χ0) is 31.8. The number of para-hydroxylation sites is 1. The van der Waals surface area contributed by atoms with Crippen LogP contribution in [0.5, 0.6) is 5.88 Å². The number of benzene rings is 1. The normalized spacial score (nSPS) is 18.2. The molecule has 46 heavy (non-hydrogen) atoms. The van der Waals surface area contributed by atoms with Crippen molar-refractivity contribution in [3.8, 4) is 17.1 Å². The highest BCUT2D eigenvalue weighted by Crippen LogP contribution is 2.34. The molecular weight excluding hydrogens is 584 g/mol. The summed E-state index contributed by atoms with van der Waals surface area (Å²) in [6.45, 7) is 5.15. The first-order valence-electron chi connectivity index (χ1n) is 15.5. The van der Waals surface area contributed by atoms with E-state index in [1.54, 1.807) is 23.1 Å². The fourth-order valence-corrected chi connectivity index (χ4v) is 5.86. The molecule has 1 aromatic carbocycles. The van der Waals surface area contributed by atoms with Crippen LogP contribution in [0.4, 0.5) is 23.4 Å². The van der Waals surface area contributed by atoms with E-state index < -0.39 is 0 Å². The van der Waals surface area contributed by atoms with Crippen molar-refractivity contribution in [1.29, 1.82) is 0 Å². The summed E-state index contributed by atoms with van der Waals surface area (Å²) < 4.78 is 7.99. The quantitative estimate of drug-likeness (QED) is 0.146. The second-order valence-corrected chi connectivity index (χ2v) is 12.1. The van der Waals surface area contributed by atoms with Crippen LogP contribution in [0.1, 0.15) is 30.5 Å². The largest absolute Gasteiger partial charge is 0.473 e. The Morgan fingerprint density at radius 3 is 2.80 bits per heavy atom. The molecule has 2 atom stereocenters. The van der Waals surface area contributed by atoms with E-state index >= 15 is 0 Å². The van der Waals surface area contributed by atoms with Crippen molar-refractivity contribution >= 4 is 40.2 Å². The van der Waals surface area contributed by atoms with E-state index in [0.717, 1.165) is 46.3 Å². The minimum atomic E-state index is -0.129. The van der Waals surface area contributed by atoms with E-state index in [1.165, 1.54) is 0 Å². The standard InChI is InChI=1S/C32H38N12O2/c1-18-14-36-32(39-26-11-19(2)43(3)42-26)41-29(18)24-15-35-30-23(24)5-4-6-25(30)38-27(45)17-44-16-22(12-21(44)13-33)46-28-9-10-34-31(40-28)37-20-7-8-20/h4-6,9-11,14-15,20-22,35H,7-8,12-13,16-17,33H2,1-3H3,(H,38,45)(H,34,37,40)(H,36,39,41,42)/t21-,22-/m0/s1. The summed E-state index contributed by atoms with van der Waals surface area (Å²) >= 11 is 0. The van der Waals surface area contributed by atoms with Gasteiger partial charge in [0.15, 0.2) is 5.82 Å². The number of anilines is 4. The number of amides is 1. The lowest BCUT2D eigenvalue weighted by atomic mass is 10.1. The zero-order valence-corrected chi connectivity index (χ0v) is 26.1. The van der Waals surface area contributed by atoms with Gasteiger partial charge >= 0.3 is 0 Å². The molecule has 4 aromatic heterocycles. The summed E-state index contributed by atoms with van der Waals surface area (Å²) in [4.78, 5) is 36.8. The predicted molar refractivity (Wildman–Crippen MR) is 176 cm³/mol. The summed E-state index contributed by atoms with van der Waals surface area (Å²) in [5, 5.41) is 15.0. The van der Waals surface area contributed by atoms with Crippen LogP contribution >= 0.6 is 0 Å². The number of aromatic amines is 1. The van der Waals surface area contributed by atoms with Crippen molar-refractivity contribution < 1.29 is 9.53 Å². The molecule has 0 radical (unpaired) electrons. The van der Waals surface area contributed by atoms with Crippen LogP contribution in [0.3, 0.4) is 0 Å². The molecule has 1 saturated carbocycles. The van der Waals surface area contributed by atoms with Gasteiger partial charge in [0.25, 0.3) is 0 Å². The average Bonchev–Trinajstić information content (AvgIpc) is 3.46. The molecule has 2 fully saturated rings. The SMILES string of the molecule is Cc1cnc(Nc2cc(C)n(C)n2)nc1-c1c[nH]c2c(NC(=O)CN3C[C@@H](Oc4ccnc(NC5CC5)n4)C[C@H]3CN)cccc12. The maximum Gasteiger partial charge on any atom is 0.238 e. The first-order valence-corrected chi connectivity index (χ1v) is 15.5. The molecule has 1 aliphatic heterocycles. The molecule has 5 aromatic rings. The molecule has 238 valence electrons. The number of likely N-dealkylation sites (tertiary alicyclic amines) is 1. The highest BCUT2D eigenvalue weighted by molar-refractivity contribution is 6.06. The molecule has 14 heteroatoms. The number of rotatable bonds is 11. The Balaban J connectivity index is 1.03. The molecule has 0 spiro atoms. The van der Waals surface area contributed by atoms with Crippen LogP contribution in [0.15, 0.2) is 48.9 Å². The first-order chi connectivity index (χ1) is 22.3. The van der Waals surface area contributed by atoms with Crippen LogP contribution < -0.4 is 26.4 Å². The number of nitrogens with zero attached hydrogens (tertiary/aromatic N) is 7. The van der Waals surface area contributed by atoms with E-state index in [2.05, 4.69) is 45.9 Å². The number of nitrogens with one attached hydrogen (secondary N) is 4. The number of aryl methyl sites for hydroxylation is 3. The monoisotopic (exact) mass is 622 g/mol. The van der Waals surface area contributed by atoms with Gasteiger partial charge in [0.1, 0.15) is 6.10 Å². The van der Waals surface area contributed by atoms with Crippen molar-refractivity contribution in [2.45, 2.75) is 51.3 Å². The summed E-state index contributed by atoms with van der Waals surface area (Å²) in [5.41, 5.74) is 11.3. The van der Waals surface area contributed by atoms with E-state index in [-0.39, 0.29) is 24.6 Å². The van der Waals surface area contributed by atoms with Crippen molar-refractivity contribution in [2.24, 2.45) is 12.8 Å². The second-order valence-electron chi connectivity index (χ2n) is 12.1. The summed E-state index contributed by atoms with van der Waals surface area (Å²) in [7, 11) is 1.89. The van der Waals surface area contributed by atoms with E-state index in [0.29, 0.717) is 54.8 Å². The minimum Gasteiger partial charge on any atom is -0.473 e. The summed E-state index contributed by atoms with van der Waals surface area (Å²) in [5.74, 6) is 2.10. The van der Waals surface area contributed by atoms with Gasteiger partial charge < -0.3 is 31.4 Å². The number of aromatic nitrogens is 7. The third kappa shape index (κ3) is 6.34. The number of ether oxygens (including phenoxy) is 1. The first kappa shape index (κ1) is 29.6. The van der Waals surface area contributed by atoms with E-state index in [9.17, 15) is 4.79 Å². The smallest absolute Gasteiger partial charge is 0.238 e. The molecular formula is C32H38N12O2. The second kappa shape index (κ2) is 12.4. The van der Waals surface area contributed by atoms with Gasteiger partial charge in [0.2, 0.25) is 23.7 Å². The Morgan fingerprint density at radius 2 is 2.02 bits per heavy atom. The Bertz CT molecular complexity index is 1860. The van der Waals surface area contributed by atoms with Crippen LogP contribution in [0, 0.1) is 13.8 Å². The van der Waals surface area contributed by atoms with Crippen molar-refractivity contribution in [3.63, 3.8) is 0 Å². The van der Waals surface area contributed by atoms with Gasteiger partial charge in [-0.2, -0.15) is 10.1 Å². The molecule has 14 nitrogen and oxygen atoms in total. The number of carbonyl (C=O) groups excluding carboxylic acids is 1. The lowest BCUT2D eigenvalue weighted by molar-refractivity contribution is -0.117. The van der Waals surface area contributed by atoms with Crippen molar-refractivity contribution in [3.05, 3.63) is 60.2 Å². The van der Waals surface area contributed by atoms with Gasteiger partial charge in [0.05, 0.1) is 23.4 Å². The lowest BCUT2D eigenvalue weighted by Gasteiger charge is -2.22. The fraction of sp³-hybridized carbons (Fsp3) is 0.375. The van der Waals surface area contributed by atoms with Gasteiger partial charge in [0, 0.05) is 86.0 Å². The third-order valence-electron chi connectivity index (χ3n) is 8.51. The van der Waals surface area contributed by atoms with Gasteiger partial charge in [-0.25, -0.2) is 15.0 Å². The van der Waals surface area contributed by atoms with Gasteiger partial charge in [-0.15, -0.1) is 0 Å². The molecule has 1 saturated heterocycles. The van der Waals surface area contributed by atoms with Crippen LogP contribution in [0.2, 0.25) is 0 Å². The number of nitrogens with two attached hydrogens (primary N) is 1. The Morgan fingerprint density at radius 1 is 1.15 bits per heavy atom. The molecule has 5 heterocycles. The van der Waals surface area contributed by atoms with Gasteiger partial charge in [-0.1, -0.05) is 12.1 Å². The maximum atomic E-state index is 13.4. The predicted octanol–water partition coefficient (Wildman–Crippen LogP) is 3.50. The highest BCUT2D eigenvalue weighted by atomic mass is 16.5. The summed E-state index contributed by atoms with van der Waals surface area (Å²) in [6, 6.07) is 10.0. The molecule has 0 bridgehead atoms. The molecule has 7 rings (SSSR count).